The van der Waals surface area contributed by atoms with Gasteiger partial charge in [-0.15, -0.1) is 10.2 Å². The first kappa shape index (κ1) is 32.2. The zero-order valence-corrected chi connectivity index (χ0v) is 25.3. The lowest BCUT2D eigenvalue weighted by Crippen LogP contribution is -2.50. The molecule has 0 fully saturated rings. The fourth-order valence-electron chi connectivity index (χ4n) is 4.73. The molecule has 3 atom stereocenters. The van der Waals surface area contributed by atoms with Crippen LogP contribution in [-0.2, 0) is 11.2 Å². The summed E-state index contributed by atoms with van der Waals surface area (Å²) in [6.45, 7) is 1.74. The van der Waals surface area contributed by atoms with Crippen LogP contribution in [0.2, 0.25) is 0 Å². The molecule has 0 saturated heterocycles. The number of hydrogen-bond acceptors (Lipinski definition) is 10. The maximum Gasteiger partial charge on any atom is 0.287 e. The maximum absolute atomic E-state index is 13.4. The number of rotatable bonds is 12. The molecule has 5 N–H and O–H groups in total. The van der Waals surface area contributed by atoms with E-state index in [4.69, 9.17) is 9.15 Å². The number of benzene rings is 3. The lowest BCUT2D eigenvalue weighted by Gasteiger charge is -2.24. The number of carbonyl (C=O) groups excluding carboxylic acids is 3. The minimum absolute atomic E-state index is 0.0481. The van der Waals surface area contributed by atoms with E-state index in [1.807, 2.05) is 0 Å². The number of hydrogen-bond donors (Lipinski definition) is 5. The molecular formula is C33H31N7O7. The molecule has 0 aliphatic carbocycles. The molecule has 5 rings (SSSR count). The quantitative estimate of drug-likeness (QED) is 0.135. The van der Waals surface area contributed by atoms with E-state index in [9.17, 15) is 24.3 Å². The number of aromatic nitrogens is 4. The van der Waals surface area contributed by atoms with Gasteiger partial charge in [-0.05, 0) is 54.0 Å². The maximum atomic E-state index is 13.4. The Labute approximate surface area is 268 Å². The molecule has 0 bridgehead atoms. The van der Waals surface area contributed by atoms with E-state index in [2.05, 4.69) is 36.6 Å². The van der Waals surface area contributed by atoms with E-state index in [-0.39, 0.29) is 6.42 Å². The minimum Gasteiger partial charge on any atom is -0.497 e. The molecule has 5 aromatic rings. The summed E-state index contributed by atoms with van der Waals surface area (Å²) in [5.74, 6) is -2.40. The largest absolute Gasteiger partial charge is 0.497 e. The lowest BCUT2D eigenvalue weighted by molar-refractivity contribution is -0.125. The minimum atomic E-state index is -1.74. The number of nitrogens with one attached hydrogen (secondary N) is 4. The van der Waals surface area contributed by atoms with E-state index in [1.54, 1.807) is 85.8 Å². The Morgan fingerprint density at radius 2 is 1.64 bits per heavy atom. The summed E-state index contributed by atoms with van der Waals surface area (Å²) >= 11 is 0. The third-order valence-electron chi connectivity index (χ3n) is 7.15. The van der Waals surface area contributed by atoms with E-state index in [1.165, 1.54) is 7.11 Å². The summed E-state index contributed by atoms with van der Waals surface area (Å²) in [5.41, 5.74) is 1.71. The van der Waals surface area contributed by atoms with Gasteiger partial charge in [0, 0.05) is 23.4 Å². The first-order valence-corrected chi connectivity index (χ1v) is 14.5. The van der Waals surface area contributed by atoms with Crippen LogP contribution in [0.3, 0.4) is 0 Å². The van der Waals surface area contributed by atoms with Crippen LogP contribution in [0, 0.1) is 0 Å². The average molecular weight is 638 g/mol. The van der Waals surface area contributed by atoms with E-state index in [0.717, 1.165) is 17.7 Å². The number of amides is 3. The predicted octanol–water partition coefficient (Wildman–Crippen LogP) is 2.66. The first-order valence-electron chi connectivity index (χ1n) is 14.5. The van der Waals surface area contributed by atoms with Gasteiger partial charge < -0.3 is 30.2 Å². The number of H-pyrrole nitrogens is 1. The van der Waals surface area contributed by atoms with E-state index < -0.39 is 52.9 Å². The molecule has 0 spiro atoms. The molecule has 14 nitrogen and oxygen atoms in total. The van der Waals surface area contributed by atoms with Crippen molar-refractivity contribution in [1.29, 1.82) is 0 Å². The first-order chi connectivity index (χ1) is 22.7. The molecule has 14 heteroatoms. The zero-order valence-electron chi connectivity index (χ0n) is 25.3. The second-order valence-corrected chi connectivity index (χ2v) is 10.5. The van der Waals surface area contributed by atoms with Gasteiger partial charge in [0.25, 0.3) is 17.7 Å². The Hall–Kier alpha value is -6.15. The van der Waals surface area contributed by atoms with Gasteiger partial charge in [-0.2, -0.15) is 5.21 Å². The molecule has 0 unspecified atom stereocenters. The molecule has 0 aliphatic rings. The summed E-state index contributed by atoms with van der Waals surface area (Å²) in [7, 11) is 1.53. The second-order valence-electron chi connectivity index (χ2n) is 10.5. The topological polar surface area (TPSA) is 201 Å². The molecule has 0 saturated carbocycles. The Bertz CT molecular complexity index is 1910. The number of aliphatic hydroxyl groups excluding tert-OH is 1. The van der Waals surface area contributed by atoms with Crippen molar-refractivity contribution in [2.75, 3.05) is 12.4 Å². The molecule has 3 amide bonds. The number of ether oxygens (including phenoxy) is 1. The third-order valence-corrected chi connectivity index (χ3v) is 7.15. The highest BCUT2D eigenvalue weighted by molar-refractivity contribution is 5.97. The van der Waals surface area contributed by atoms with Crippen molar-refractivity contribution in [3.05, 3.63) is 124 Å². The highest BCUT2D eigenvalue weighted by Gasteiger charge is 2.30. The van der Waals surface area contributed by atoms with Gasteiger partial charge >= 0.3 is 0 Å². The van der Waals surface area contributed by atoms with Gasteiger partial charge in [0.15, 0.2) is 23.1 Å². The van der Waals surface area contributed by atoms with Crippen molar-refractivity contribution >= 4 is 23.4 Å². The Balaban J connectivity index is 1.33. The fraction of sp³-hybridized carbons (Fsp3) is 0.182. The van der Waals surface area contributed by atoms with Gasteiger partial charge in [-0.3, -0.25) is 19.2 Å². The number of anilines is 1. The summed E-state index contributed by atoms with van der Waals surface area (Å²) in [5, 5.41) is 32.8. The molecule has 2 heterocycles. The summed E-state index contributed by atoms with van der Waals surface area (Å²) < 4.78 is 10.8. The Kier molecular flexibility index (Phi) is 10.1. The number of tetrazole rings is 1. The van der Waals surface area contributed by atoms with Crippen LogP contribution in [0.5, 0.6) is 5.75 Å². The Morgan fingerprint density at radius 3 is 2.34 bits per heavy atom. The van der Waals surface area contributed by atoms with Gasteiger partial charge in [-0.1, -0.05) is 54.6 Å². The highest BCUT2D eigenvalue weighted by Crippen LogP contribution is 2.21. The third kappa shape index (κ3) is 8.32. The van der Waals surface area contributed by atoms with Gasteiger partial charge in [-0.25, -0.2) is 0 Å². The zero-order chi connectivity index (χ0) is 33.3. The van der Waals surface area contributed by atoms with Crippen LogP contribution in [-0.4, -0.2) is 62.7 Å². The van der Waals surface area contributed by atoms with Crippen LogP contribution in [0.25, 0.3) is 11.4 Å². The van der Waals surface area contributed by atoms with Crippen LogP contribution in [0.4, 0.5) is 5.69 Å². The standard InChI is InChI=1S/C33H31N7O7/c1-19(21-10-7-13-25(16-21)46-2)34-31(43)27-17-24(41)18-28(47-27)32(44)36-26(14-20-8-4-3-5-9-20)29(42)33(45)35-23-12-6-11-22(15-23)30-37-39-40-38-30/h3-13,15-19,26,29,42H,14H2,1-2H3,(H,34,43)(H,35,45)(H,36,44)(H,37,38,39,40)/t19-,26+,29+/m1/s1. The van der Waals surface area contributed by atoms with Gasteiger partial charge in [0.05, 0.1) is 19.2 Å². The van der Waals surface area contributed by atoms with Gasteiger partial charge in [0.1, 0.15) is 5.75 Å². The summed E-state index contributed by atoms with van der Waals surface area (Å²) in [4.78, 5) is 52.2. The van der Waals surface area contributed by atoms with Crippen molar-refractivity contribution in [3.8, 4) is 17.1 Å². The SMILES string of the molecule is COc1cccc([C@@H](C)NC(=O)c2cc(=O)cc(C(=O)N[C@@H](Cc3ccccc3)[C@H](O)C(=O)Nc3cccc(-c4nn[nH]n4)c3)o2)c1. The normalized spacial score (nSPS) is 12.7. The summed E-state index contributed by atoms with van der Waals surface area (Å²) in [6.07, 6.45) is -1.69. The molecule has 47 heavy (non-hydrogen) atoms. The number of aliphatic hydroxyl groups is 1. The molecular weight excluding hydrogens is 606 g/mol. The van der Waals surface area contributed by atoms with E-state index in [0.29, 0.717) is 28.4 Å². The molecule has 240 valence electrons. The predicted molar refractivity (Wildman–Crippen MR) is 170 cm³/mol. The van der Waals surface area contributed by atoms with E-state index >= 15 is 0 Å². The average Bonchev–Trinajstić information content (AvgIpc) is 3.63. The molecule has 0 radical (unpaired) electrons. The number of carbonyl (C=O) groups is 3. The second kappa shape index (κ2) is 14.8. The highest BCUT2D eigenvalue weighted by atomic mass is 16.5. The number of aromatic amines is 1. The summed E-state index contributed by atoms with van der Waals surface area (Å²) in [6, 6.07) is 22.8. The smallest absolute Gasteiger partial charge is 0.287 e. The molecule has 3 aromatic carbocycles. The van der Waals surface area contributed by atoms with Crippen LogP contribution in [0.15, 0.2) is 100 Å². The Morgan fingerprint density at radius 1 is 0.915 bits per heavy atom. The van der Waals surface area contributed by atoms with Crippen molar-refractivity contribution < 1.29 is 28.6 Å². The fourth-order valence-corrected chi connectivity index (χ4v) is 4.73. The monoisotopic (exact) mass is 637 g/mol. The van der Waals surface area contributed by atoms with Crippen molar-refractivity contribution in [2.45, 2.75) is 31.5 Å². The van der Waals surface area contributed by atoms with Crippen LogP contribution < -0.4 is 26.1 Å². The van der Waals surface area contributed by atoms with Crippen molar-refractivity contribution in [3.63, 3.8) is 0 Å². The molecule has 2 aromatic heterocycles. The van der Waals surface area contributed by atoms with Crippen molar-refractivity contribution in [2.24, 2.45) is 0 Å². The number of methoxy groups -OCH3 is 1. The lowest BCUT2D eigenvalue weighted by atomic mass is 10.00. The van der Waals surface area contributed by atoms with Crippen LogP contribution in [0.1, 0.15) is 45.2 Å². The van der Waals surface area contributed by atoms with Crippen molar-refractivity contribution in [1.82, 2.24) is 31.3 Å². The van der Waals surface area contributed by atoms with Crippen LogP contribution >= 0.6 is 0 Å². The van der Waals surface area contributed by atoms with Gasteiger partial charge in [0.2, 0.25) is 5.82 Å². The molecule has 0 aliphatic heterocycles. The number of nitrogens with zero attached hydrogens (tertiary/aromatic N) is 3.